The average molecular weight is 384 g/mol. The van der Waals surface area contributed by atoms with Crippen molar-refractivity contribution in [1.82, 2.24) is 9.97 Å². The van der Waals surface area contributed by atoms with E-state index in [4.69, 9.17) is 11.5 Å². The first kappa shape index (κ1) is 21.5. The molecule has 0 amide bonds. The van der Waals surface area contributed by atoms with E-state index in [0.29, 0.717) is 17.9 Å². The summed E-state index contributed by atoms with van der Waals surface area (Å²) in [6.07, 6.45) is 3.03. The molecule has 0 unspecified atom stereocenters. The van der Waals surface area contributed by atoms with Crippen LogP contribution in [0.5, 0.6) is 0 Å². The normalized spacial score (nSPS) is 18.5. The first-order valence-corrected chi connectivity index (χ1v) is 8.24. The molecule has 138 valence electrons. The van der Waals surface area contributed by atoms with Crippen molar-refractivity contribution in [3.05, 3.63) is 47.2 Å². The molecule has 0 bridgehead atoms. The van der Waals surface area contributed by atoms with E-state index in [9.17, 15) is 0 Å². The fraction of sp³-hybridized carbons (Fsp3) is 0.444. The zero-order chi connectivity index (χ0) is 16.4. The third-order valence-corrected chi connectivity index (χ3v) is 4.58. The van der Waals surface area contributed by atoms with Crippen LogP contribution < -0.4 is 16.4 Å². The van der Waals surface area contributed by atoms with Gasteiger partial charge < -0.3 is 16.4 Å². The summed E-state index contributed by atoms with van der Waals surface area (Å²) in [6, 6.07) is 11.1. The maximum absolute atomic E-state index is 5.90. The van der Waals surface area contributed by atoms with Crippen LogP contribution in [0.4, 0.5) is 11.8 Å². The van der Waals surface area contributed by atoms with Crippen LogP contribution in [0, 0.1) is 0 Å². The van der Waals surface area contributed by atoms with Gasteiger partial charge in [0, 0.05) is 31.6 Å². The molecule has 1 aliphatic rings. The van der Waals surface area contributed by atoms with Gasteiger partial charge in [-0.2, -0.15) is 4.98 Å². The lowest BCUT2D eigenvalue weighted by atomic mass is 9.78. The van der Waals surface area contributed by atoms with E-state index in [1.54, 1.807) is 0 Å². The van der Waals surface area contributed by atoms with Crippen LogP contribution in [0.2, 0.25) is 0 Å². The Hall–Kier alpha value is -1.56. The highest BCUT2D eigenvalue weighted by Gasteiger charge is 2.29. The molecule has 0 saturated heterocycles. The van der Waals surface area contributed by atoms with Gasteiger partial charge in [-0.1, -0.05) is 31.2 Å². The lowest BCUT2D eigenvalue weighted by molar-refractivity contribution is 0.345. The number of aryl methyl sites for hydroxylation is 1. The molecule has 1 fully saturated rings. The van der Waals surface area contributed by atoms with Gasteiger partial charge in [0.1, 0.15) is 5.82 Å². The standard InChI is InChI=1S/C18H25N5.2ClH/c1-3-12-4-6-13(7-5-12)11-23(2)17-10-16(21-18(20)22-17)14-8-15(19)9-14;;/h4-7,10,14-15H,3,8-9,11,19H2,1-2H3,(H2,20,21,22);2*1H. The summed E-state index contributed by atoms with van der Waals surface area (Å²) in [7, 11) is 2.03. The molecule has 4 N–H and O–H groups in total. The van der Waals surface area contributed by atoms with E-state index < -0.39 is 0 Å². The summed E-state index contributed by atoms with van der Waals surface area (Å²) in [5, 5.41) is 0. The highest BCUT2D eigenvalue weighted by Crippen LogP contribution is 2.35. The summed E-state index contributed by atoms with van der Waals surface area (Å²) < 4.78 is 0. The minimum atomic E-state index is 0. The number of nitrogens with two attached hydrogens (primary N) is 2. The second kappa shape index (κ2) is 9.22. The van der Waals surface area contributed by atoms with Crippen LogP contribution in [0.1, 0.15) is 42.5 Å². The molecule has 1 aromatic carbocycles. The zero-order valence-corrected chi connectivity index (χ0v) is 16.3. The SMILES string of the molecule is CCc1ccc(CN(C)c2cc(C3CC(N)C3)nc(N)n2)cc1.Cl.Cl. The minimum absolute atomic E-state index is 0. The van der Waals surface area contributed by atoms with Gasteiger partial charge in [-0.05, 0) is 30.4 Å². The molecule has 0 aliphatic heterocycles. The minimum Gasteiger partial charge on any atom is -0.368 e. The quantitative estimate of drug-likeness (QED) is 0.827. The van der Waals surface area contributed by atoms with Crippen molar-refractivity contribution in [2.75, 3.05) is 17.7 Å². The summed E-state index contributed by atoms with van der Waals surface area (Å²) in [4.78, 5) is 10.9. The zero-order valence-electron chi connectivity index (χ0n) is 14.7. The summed E-state index contributed by atoms with van der Waals surface area (Å²) >= 11 is 0. The lowest BCUT2D eigenvalue weighted by Gasteiger charge is -2.32. The van der Waals surface area contributed by atoms with Gasteiger partial charge in [-0.25, -0.2) is 4.98 Å². The average Bonchev–Trinajstić information content (AvgIpc) is 2.52. The number of nitrogen functional groups attached to an aromatic ring is 1. The number of rotatable bonds is 5. The number of anilines is 2. The van der Waals surface area contributed by atoms with E-state index >= 15 is 0 Å². The third-order valence-electron chi connectivity index (χ3n) is 4.58. The molecular formula is C18H27Cl2N5. The molecule has 7 heteroatoms. The number of hydrogen-bond donors (Lipinski definition) is 2. The van der Waals surface area contributed by atoms with Crippen molar-refractivity contribution in [2.45, 2.75) is 44.7 Å². The van der Waals surface area contributed by atoms with Crippen molar-refractivity contribution in [3.8, 4) is 0 Å². The highest BCUT2D eigenvalue weighted by molar-refractivity contribution is 5.85. The number of halogens is 2. The Bertz CT molecular complexity index is 672. The van der Waals surface area contributed by atoms with E-state index in [1.807, 2.05) is 13.1 Å². The van der Waals surface area contributed by atoms with Gasteiger partial charge in [0.05, 0.1) is 5.69 Å². The van der Waals surface area contributed by atoms with Crippen LogP contribution >= 0.6 is 24.8 Å². The van der Waals surface area contributed by atoms with Gasteiger partial charge in [0.25, 0.3) is 0 Å². The number of benzene rings is 1. The fourth-order valence-electron chi connectivity index (χ4n) is 3.01. The molecule has 0 radical (unpaired) electrons. The fourth-order valence-corrected chi connectivity index (χ4v) is 3.01. The van der Waals surface area contributed by atoms with Gasteiger partial charge in [-0.15, -0.1) is 24.8 Å². The van der Waals surface area contributed by atoms with Crippen LogP contribution in [-0.4, -0.2) is 23.1 Å². The van der Waals surface area contributed by atoms with Crippen molar-refractivity contribution in [2.24, 2.45) is 5.73 Å². The van der Waals surface area contributed by atoms with Crippen LogP contribution in [0.25, 0.3) is 0 Å². The second-order valence-corrected chi connectivity index (χ2v) is 6.46. The molecule has 3 rings (SSSR count). The molecule has 0 spiro atoms. The largest absolute Gasteiger partial charge is 0.368 e. The Balaban J connectivity index is 0.00000156. The van der Waals surface area contributed by atoms with Crippen LogP contribution in [-0.2, 0) is 13.0 Å². The topological polar surface area (TPSA) is 81.1 Å². The molecule has 1 aromatic heterocycles. The predicted octanol–water partition coefficient (Wildman–Crippen LogP) is 3.31. The maximum atomic E-state index is 5.90. The predicted molar refractivity (Wildman–Crippen MR) is 109 cm³/mol. The van der Waals surface area contributed by atoms with Crippen LogP contribution in [0.15, 0.2) is 30.3 Å². The summed E-state index contributed by atoms with van der Waals surface area (Å²) in [5.74, 6) is 1.63. The van der Waals surface area contributed by atoms with Gasteiger partial charge in [0.2, 0.25) is 5.95 Å². The first-order chi connectivity index (χ1) is 11.0. The van der Waals surface area contributed by atoms with Crippen molar-refractivity contribution < 1.29 is 0 Å². The summed E-state index contributed by atoms with van der Waals surface area (Å²) in [5.41, 5.74) is 15.4. The second-order valence-electron chi connectivity index (χ2n) is 6.46. The molecular weight excluding hydrogens is 357 g/mol. The lowest BCUT2D eigenvalue weighted by Crippen LogP contribution is -2.35. The van der Waals surface area contributed by atoms with Crippen molar-refractivity contribution in [1.29, 1.82) is 0 Å². The molecule has 2 aromatic rings. The molecule has 1 saturated carbocycles. The number of aromatic nitrogens is 2. The highest BCUT2D eigenvalue weighted by atomic mass is 35.5. The van der Waals surface area contributed by atoms with Crippen LogP contribution in [0.3, 0.4) is 0 Å². The van der Waals surface area contributed by atoms with E-state index in [2.05, 4.69) is 46.1 Å². The molecule has 1 heterocycles. The van der Waals surface area contributed by atoms with Crippen molar-refractivity contribution in [3.63, 3.8) is 0 Å². The Morgan fingerprint density at radius 3 is 2.24 bits per heavy atom. The number of hydrogen-bond acceptors (Lipinski definition) is 5. The van der Waals surface area contributed by atoms with Crippen molar-refractivity contribution >= 4 is 36.6 Å². The van der Waals surface area contributed by atoms with Gasteiger partial charge >= 0.3 is 0 Å². The van der Waals surface area contributed by atoms with Gasteiger partial charge in [0.15, 0.2) is 0 Å². The Morgan fingerprint density at radius 2 is 1.68 bits per heavy atom. The smallest absolute Gasteiger partial charge is 0.222 e. The number of nitrogens with zero attached hydrogens (tertiary/aromatic N) is 3. The van der Waals surface area contributed by atoms with E-state index in [-0.39, 0.29) is 24.8 Å². The molecule has 5 nitrogen and oxygen atoms in total. The Morgan fingerprint density at radius 1 is 1.08 bits per heavy atom. The summed E-state index contributed by atoms with van der Waals surface area (Å²) in [6.45, 7) is 2.96. The third kappa shape index (κ3) is 5.21. The molecule has 25 heavy (non-hydrogen) atoms. The molecule has 1 aliphatic carbocycles. The Labute approximate surface area is 162 Å². The van der Waals surface area contributed by atoms with E-state index in [0.717, 1.165) is 37.3 Å². The Kier molecular flexibility index (Phi) is 7.93. The monoisotopic (exact) mass is 383 g/mol. The van der Waals surface area contributed by atoms with Gasteiger partial charge in [-0.3, -0.25) is 0 Å². The maximum Gasteiger partial charge on any atom is 0.222 e. The first-order valence-electron chi connectivity index (χ1n) is 8.24. The molecule has 0 atom stereocenters. The van der Waals surface area contributed by atoms with E-state index in [1.165, 1.54) is 11.1 Å².